The third-order valence-corrected chi connectivity index (χ3v) is 7.14. The van der Waals surface area contributed by atoms with E-state index in [0.717, 1.165) is 28.1 Å². The van der Waals surface area contributed by atoms with Crippen molar-refractivity contribution in [3.8, 4) is 6.07 Å². The lowest BCUT2D eigenvalue weighted by atomic mass is 10.1. The van der Waals surface area contributed by atoms with Crippen LogP contribution in [0.2, 0.25) is 15.3 Å². The lowest BCUT2D eigenvalue weighted by Gasteiger charge is -2.26. The molecule has 0 aliphatic rings. The number of hydrogen-bond donors (Lipinski definition) is 1. The number of anilines is 1. The second-order valence-corrected chi connectivity index (χ2v) is 10.0. The fourth-order valence-electron chi connectivity index (χ4n) is 3.72. The van der Waals surface area contributed by atoms with Gasteiger partial charge in [0.25, 0.3) is 0 Å². The van der Waals surface area contributed by atoms with Crippen LogP contribution in [-0.4, -0.2) is 31.1 Å². The molecule has 2 heterocycles. The zero-order valence-corrected chi connectivity index (χ0v) is 23.0. The Labute approximate surface area is 236 Å². The molecule has 0 aliphatic heterocycles. The number of halogens is 3. The normalized spacial score (nSPS) is 10.7. The highest BCUT2D eigenvalue weighted by Gasteiger charge is 2.16. The van der Waals surface area contributed by atoms with E-state index in [1.54, 1.807) is 6.07 Å². The lowest BCUT2D eigenvalue weighted by molar-refractivity contribution is 0.418. The summed E-state index contributed by atoms with van der Waals surface area (Å²) in [6, 6.07) is 19.0. The molecule has 0 fully saturated rings. The zero-order valence-electron chi connectivity index (χ0n) is 20.0. The molecular weight excluding hydrogens is 547 g/mol. The molecule has 0 unspecified atom stereocenters. The first-order chi connectivity index (χ1) is 17.8. The topological polar surface area (TPSA) is 69.8 Å². The largest absolute Gasteiger partial charge is 0.344 e. The summed E-state index contributed by atoms with van der Waals surface area (Å²) in [5.74, 6) is 0. The van der Waals surface area contributed by atoms with E-state index >= 15 is 0 Å². The fraction of sp³-hybridized carbons (Fsp3) is 0.185. The molecular formula is C27H23Cl3N6S. The highest BCUT2D eigenvalue weighted by molar-refractivity contribution is 7.80. The minimum absolute atomic E-state index is 0.335. The maximum Gasteiger partial charge on any atom is 0.173 e. The number of nitrogens with zero attached hydrogens (tertiary/aromatic N) is 5. The zero-order chi connectivity index (χ0) is 26.4. The summed E-state index contributed by atoms with van der Waals surface area (Å²) in [6.45, 7) is 3.65. The van der Waals surface area contributed by atoms with Crippen LogP contribution < -0.4 is 5.32 Å². The van der Waals surface area contributed by atoms with Gasteiger partial charge in [-0.2, -0.15) is 5.26 Å². The van der Waals surface area contributed by atoms with E-state index in [-0.39, 0.29) is 0 Å². The second-order valence-electron chi connectivity index (χ2n) is 8.47. The molecule has 2 aromatic heterocycles. The van der Waals surface area contributed by atoms with E-state index in [9.17, 15) is 0 Å². The molecule has 1 N–H and O–H groups in total. The molecule has 6 nitrogen and oxygen atoms in total. The maximum absolute atomic E-state index is 9.04. The molecule has 37 heavy (non-hydrogen) atoms. The molecule has 0 radical (unpaired) electrons. The number of pyridine rings is 1. The van der Waals surface area contributed by atoms with Crippen LogP contribution in [-0.2, 0) is 19.5 Å². The van der Waals surface area contributed by atoms with Crippen molar-refractivity contribution in [3.05, 3.63) is 110 Å². The van der Waals surface area contributed by atoms with Crippen LogP contribution in [0.25, 0.3) is 0 Å². The van der Waals surface area contributed by atoms with Gasteiger partial charge in [-0.3, -0.25) is 0 Å². The van der Waals surface area contributed by atoms with Crippen molar-refractivity contribution in [3.63, 3.8) is 0 Å². The van der Waals surface area contributed by atoms with Crippen LogP contribution in [0.4, 0.5) is 5.69 Å². The summed E-state index contributed by atoms with van der Waals surface area (Å²) >= 11 is 24.5. The van der Waals surface area contributed by atoms with Crippen LogP contribution >= 0.6 is 47.0 Å². The molecule has 0 aliphatic carbocycles. The predicted molar refractivity (Wildman–Crippen MR) is 153 cm³/mol. The fourth-order valence-corrected chi connectivity index (χ4v) is 4.58. The predicted octanol–water partition coefficient (Wildman–Crippen LogP) is 6.91. The monoisotopic (exact) mass is 568 g/mol. The average Bonchev–Trinajstić information content (AvgIpc) is 3.32. The number of aryl methyl sites for hydroxylation is 1. The van der Waals surface area contributed by atoms with Crippen LogP contribution in [0.1, 0.15) is 27.9 Å². The van der Waals surface area contributed by atoms with Crippen LogP contribution in [0, 0.1) is 18.3 Å². The molecule has 0 amide bonds. The standard InChI is InChI=1S/C27H23Cl3N6S/c1-18-2-8-22(12-24(18)28)33-27(37)35(16-21-7-9-25(29)34-26(21)30)11-10-23-14-32-17-36(23)15-20-5-3-19(13-31)4-6-20/h2-9,12,14,17H,10-11,15-16H2,1H3,(H,33,37). The lowest BCUT2D eigenvalue weighted by Crippen LogP contribution is -2.36. The number of nitrogens with one attached hydrogen (secondary N) is 1. The van der Waals surface area contributed by atoms with Gasteiger partial charge in [-0.15, -0.1) is 0 Å². The number of aromatic nitrogens is 3. The Morgan fingerprint density at radius 1 is 1.11 bits per heavy atom. The van der Waals surface area contributed by atoms with Gasteiger partial charge in [-0.05, 0) is 60.6 Å². The molecule has 2 aromatic carbocycles. The molecule has 0 spiro atoms. The van der Waals surface area contributed by atoms with Gasteiger partial charge in [-0.1, -0.05) is 59.1 Å². The molecule has 10 heteroatoms. The summed E-state index contributed by atoms with van der Waals surface area (Å²) in [7, 11) is 0. The van der Waals surface area contributed by atoms with Crippen molar-refractivity contribution in [2.75, 3.05) is 11.9 Å². The first-order valence-corrected chi connectivity index (χ1v) is 13.0. The van der Waals surface area contributed by atoms with E-state index in [4.69, 9.17) is 52.3 Å². The van der Waals surface area contributed by atoms with Gasteiger partial charge in [0.2, 0.25) is 0 Å². The van der Waals surface area contributed by atoms with Gasteiger partial charge < -0.3 is 14.8 Å². The van der Waals surface area contributed by atoms with Crippen molar-refractivity contribution in [1.82, 2.24) is 19.4 Å². The molecule has 0 saturated carbocycles. The van der Waals surface area contributed by atoms with Crippen molar-refractivity contribution in [2.24, 2.45) is 0 Å². The van der Waals surface area contributed by atoms with Gasteiger partial charge >= 0.3 is 0 Å². The van der Waals surface area contributed by atoms with E-state index in [2.05, 4.69) is 25.9 Å². The second kappa shape index (κ2) is 12.4. The van der Waals surface area contributed by atoms with Crippen LogP contribution in [0.5, 0.6) is 0 Å². The van der Waals surface area contributed by atoms with E-state index in [0.29, 0.717) is 52.1 Å². The summed E-state index contributed by atoms with van der Waals surface area (Å²) in [5, 5.41) is 14.2. The minimum Gasteiger partial charge on any atom is -0.344 e. The average molecular weight is 570 g/mol. The molecule has 0 atom stereocenters. The van der Waals surface area contributed by atoms with Crippen molar-refractivity contribution < 1.29 is 0 Å². The molecule has 188 valence electrons. The Balaban J connectivity index is 1.51. The Hall–Kier alpha value is -3.15. The van der Waals surface area contributed by atoms with Crippen LogP contribution in [0.3, 0.4) is 0 Å². The number of hydrogen-bond acceptors (Lipinski definition) is 4. The van der Waals surface area contributed by atoms with Crippen molar-refractivity contribution in [1.29, 1.82) is 5.26 Å². The Bertz CT molecular complexity index is 1450. The highest BCUT2D eigenvalue weighted by atomic mass is 35.5. The molecule has 4 aromatic rings. The SMILES string of the molecule is Cc1ccc(NC(=S)N(CCc2cncn2Cc2ccc(C#N)cc2)Cc2ccc(Cl)nc2Cl)cc1Cl. The summed E-state index contributed by atoms with van der Waals surface area (Å²) in [4.78, 5) is 10.5. The van der Waals surface area contributed by atoms with Gasteiger partial charge in [0.05, 0.1) is 18.0 Å². The number of benzene rings is 2. The summed E-state index contributed by atoms with van der Waals surface area (Å²) < 4.78 is 2.09. The minimum atomic E-state index is 0.335. The highest BCUT2D eigenvalue weighted by Crippen LogP contribution is 2.22. The number of thiocarbonyl (C=S) groups is 1. The van der Waals surface area contributed by atoms with E-state index in [1.807, 2.05) is 72.9 Å². The maximum atomic E-state index is 9.04. The summed E-state index contributed by atoms with van der Waals surface area (Å²) in [6.07, 6.45) is 4.35. The number of rotatable bonds is 8. The molecule has 0 saturated heterocycles. The third kappa shape index (κ3) is 7.21. The number of imidazole rings is 1. The molecule has 4 rings (SSSR count). The Kier molecular flexibility index (Phi) is 9.01. The van der Waals surface area contributed by atoms with Gasteiger partial charge in [0.15, 0.2) is 5.11 Å². The van der Waals surface area contributed by atoms with E-state index < -0.39 is 0 Å². The smallest absolute Gasteiger partial charge is 0.173 e. The van der Waals surface area contributed by atoms with Gasteiger partial charge in [0.1, 0.15) is 10.3 Å². The van der Waals surface area contributed by atoms with Crippen molar-refractivity contribution >= 4 is 57.8 Å². The number of nitriles is 1. The van der Waals surface area contributed by atoms with E-state index in [1.165, 1.54) is 0 Å². The third-order valence-electron chi connectivity index (χ3n) is 5.84. The Morgan fingerprint density at radius 3 is 2.59 bits per heavy atom. The quantitative estimate of drug-likeness (QED) is 0.184. The molecule has 0 bridgehead atoms. The first-order valence-electron chi connectivity index (χ1n) is 11.4. The van der Waals surface area contributed by atoms with Crippen LogP contribution in [0.15, 0.2) is 67.1 Å². The first kappa shape index (κ1) is 26.9. The summed E-state index contributed by atoms with van der Waals surface area (Å²) in [5.41, 5.74) is 5.37. The van der Waals surface area contributed by atoms with Crippen molar-refractivity contribution in [2.45, 2.75) is 26.4 Å². The Morgan fingerprint density at radius 2 is 1.89 bits per heavy atom. The van der Waals surface area contributed by atoms with Gasteiger partial charge in [0, 0.05) is 54.2 Å². The van der Waals surface area contributed by atoms with Gasteiger partial charge in [-0.25, -0.2) is 9.97 Å².